The number of methoxy groups -OCH3 is 1. The van der Waals surface area contributed by atoms with Crippen molar-refractivity contribution in [3.8, 4) is 5.75 Å². The van der Waals surface area contributed by atoms with Crippen molar-refractivity contribution in [3.63, 3.8) is 0 Å². The minimum Gasteiger partial charge on any atom is -0.495 e. The lowest BCUT2D eigenvalue weighted by Gasteiger charge is -2.18. The van der Waals surface area contributed by atoms with Crippen LogP contribution in [0.1, 0.15) is 12.0 Å². The average Bonchev–Trinajstić information content (AvgIpc) is 2.76. The van der Waals surface area contributed by atoms with Gasteiger partial charge in [0.15, 0.2) is 0 Å². The highest BCUT2D eigenvalue weighted by Crippen LogP contribution is 2.29. The number of aryl methyl sites for hydroxylation is 1. The van der Waals surface area contributed by atoms with Crippen LogP contribution in [0.4, 0.5) is 0 Å². The van der Waals surface area contributed by atoms with Gasteiger partial charge in [0.1, 0.15) is 10.6 Å². The van der Waals surface area contributed by atoms with Crippen molar-refractivity contribution in [1.82, 2.24) is 4.31 Å². The molecule has 1 aliphatic rings. The van der Waals surface area contributed by atoms with Crippen LogP contribution in [0.25, 0.3) is 0 Å². The molecular weight excluding hydrogens is 288 g/mol. The third-order valence-electron chi connectivity index (χ3n) is 3.12. The maximum absolute atomic E-state index is 12.5. The number of rotatable bonds is 3. The van der Waals surface area contributed by atoms with Crippen molar-refractivity contribution >= 4 is 22.4 Å². The van der Waals surface area contributed by atoms with Crippen LogP contribution >= 0.6 is 12.4 Å². The SMILES string of the molecule is COc1ccc(C)cc1S(=O)(=O)N1CC[C@H](N)C1.Cl. The van der Waals surface area contributed by atoms with Gasteiger partial charge in [-0.1, -0.05) is 6.07 Å². The summed E-state index contributed by atoms with van der Waals surface area (Å²) in [5.41, 5.74) is 6.65. The van der Waals surface area contributed by atoms with Crippen LogP contribution in [0, 0.1) is 6.92 Å². The largest absolute Gasteiger partial charge is 0.495 e. The Bertz CT molecular complexity index is 548. The number of halogens is 1. The summed E-state index contributed by atoms with van der Waals surface area (Å²) < 4.78 is 31.6. The molecule has 1 saturated heterocycles. The molecule has 0 aliphatic carbocycles. The predicted octanol–water partition coefficient (Wildman–Crippen LogP) is 1.15. The van der Waals surface area contributed by atoms with E-state index in [1.165, 1.54) is 11.4 Å². The number of hydrogen-bond donors (Lipinski definition) is 1. The van der Waals surface area contributed by atoms with Crippen LogP contribution in [0.5, 0.6) is 5.75 Å². The molecule has 0 unspecified atom stereocenters. The van der Waals surface area contributed by atoms with Crippen LogP contribution < -0.4 is 10.5 Å². The Kier molecular flexibility index (Phi) is 5.20. The van der Waals surface area contributed by atoms with E-state index in [0.717, 1.165) is 5.56 Å². The highest BCUT2D eigenvalue weighted by atomic mass is 35.5. The second-order valence-corrected chi connectivity index (χ2v) is 6.47. The molecule has 1 aliphatic heterocycles. The summed E-state index contributed by atoms with van der Waals surface area (Å²) in [6.07, 6.45) is 0.702. The van der Waals surface area contributed by atoms with Crippen LogP contribution in [0.15, 0.2) is 23.1 Å². The molecule has 2 N–H and O–H groups in total. The molecule has 108 valence electrons. The smallest absolute Gasteiger partial charge is 0.246 e. The number of ether oxygens (including phenoxy) is 1. The molecule has 0 amide bonds. The van der Waals surface area contributed by atoms with Gasteiger partial charge in [0.05, 0.1) is 7.11 Å². The van der Waals surface area contributed by atoms with Crippen molar-refractivity contribution in [3.05, 3.63) is 23.8 Å². The predicted molar refractivity (Wildman–Crippen MR) is 76.3 cm³/mol. The Balaban J connectivity index is 0.00000180. The van der Waals surface area contributed by atoms with Gasteiger partial charge in [-0.05, 0) is 31.0 Å². The quantitative estimate of drug-likeness (QED) is 0.909. The molecule has 7 heteroatoms. The Labute approximate surface area is 120 Å². The van der Waals surface area contributed by atoms with Crippen LogP contribution in [0.2, 0.25) is 0 Å². The van der Waals surface area contributed by atoms with Crippen molar-refractivity contribution in [2.45, 2.75) is 24.3 Å². The van der Waals surface area contributed by atoms with E-state index < -0.39 is 10.0 Å². The zero-order chi connectivity index (χ0) is 13.3. The fourth-order valence-electron chi connectivity index (χ4n) is 2.10. The van der Waals surface area contributed by atoms with Gasteiger partial charge >= 0.3 is 0 Å². The standard InChI is InChI=1S/C12H18N2O3S.ClH/c1-9-3-4-11(17-2)12(7-9)18(15,16)14-6-5-10(13)8-14;/h3-4,7,10H,5-6,8,13H2,1-2H3;1H/t10-;/m0./s1. The number of benzene rings is 1. The zero-order valence-electron chi connectivity index (χ0n) is 11.0. The highest BCUT2D eigenvalue weighted by Gasteiger charge is 2.32. The molecule has 1 fully saturated rings. The van der Waals surface area contributed by atoms with Gasteiger partial charge in [0.25, 0.3) is 0 Å². The van der Waals surface area contributed by atoms with E-state index in [4.69, 9.17) is 10.5 Å². The topological polar surface area (TPSA) is 72.6 Å². The van der Waals surface area contributed by atoms with Gasteiger partial charge in [-0.15, -0.1) is 12.4 Å². The fraction of sp³-hybridized carbons (Fsp3) is 0.500. The first-order valence-electron chi connectivity index (χ1n) is 5.85. The molecule has 0 aromatic heterocycles. The van der Waals surface area contributed by atoms with Gasteiger partial charge < -0.3 is 10.5 Å². The Morgan fingerprint density at radius 2 is 2.11 bits per heavy atom. The molecule has 1 heterocycles. The number of nitrogens with zero attached hydrogens (tertiary/aromatic N) is 1. The highest BCUT2D eigenvalue weighted by molar-refractivity contribution is 7.89. The van der Waals surface area contributed by atoms with Crippen molar-refractivity contribution in [2.75, 3.05) is 20.2 Å². The fourth-order valence-corrected chi connectivity index (χ4v) is 3.85. The molecule has 0 spiro atoms. The molecular formula is C12H19ClN2O3S. The first-order valence-corrected chi connectivity index (χ1v) is 7.29. The second-order valence-electron chi connectivity index (χ2n) is 4.57. The summed E-state index contributed by atoms with van der Waals surface area (Å²) >= 11 is 0. The molecule has 19 heavy (non-hydrogen) atoms. The summed E-state index contributed by atoms with van der Waals surface area (Å²) in [4.78, 5) is 0.221. The van der Waals surface area contributed by atoms with E-state index >= 15 is 0 Å². The minimum atomic E-state index is -3.51. The first kappa shape index (κ1) is 16.2. The van der Waals surface area contributed by atoms with Crippen LogP contribution in [-0.2, 0) is 10.0 Å². The Morgan fingerprint density at radius 3 is 2.63 bits per heavy atom. The lowest BCUT2D eigenvalue weighted by Crippen LogP contribution is -2.32. The summed E-state index contributed by atoms with van der Waals surface area (Å²) in [6, 6.07) is 5.07. The number of hydrogen-bond acceptors (Lipinski definition) is 4. The van der Waals surface area contributed by atoms with Crippen LogP contribution in [0.3, 0.4) is 0 Å². The van der Waals surface area contributed by atoms with Gasteiger partial charge in [-0.2, -0.15) is 4.31 Å². The van der Waals surface area contributed by atoms with E-state index in [9.17, 15) is 8.42 Å². The molecule has 5 nitrogen and oxygen atoms in total. The second kappa shape index (κ2) is 6.09. The summed E-state index contributed by atoms with van der Waals surface area (Å²) in [7, 11) is -2.04. The average molecular weight is 307 g/mol. The number of sulfonamides is 1. The third-order valence-corrected chi connectivity index (χ3v) is 5.01. The molecule has 1 aromatic carbocycles. The molecule has 1 atom stereocenters. The maximum atomic E-state index is 12.5. The van der Waals surface area contributed by atoms with E-state index in [2.05, 4.69) is 0 Å². The molecule has 1 aromatic rings. The Morgan fingerprint density at radius 1 is 1.42 bits per heavy atom. The monoisotopic (exact) mass is 306 g/mol. The first-order chi connectivity index (χ1) is 8.45. The van der Waals surface area contributed by atoms with Crippen molar-refractivity contribution in [1.29, 1.82) is 0 Å². The molecule has 0 radical (unpaired) electrons. The summed E-state index contributed by atoms with van der Waals surface area (Å²) in [5, 5.41) is 0. The summed E-state index contributed by atoms with van der Waals surface area (Å²) in [6.45, 7) is 2.70. The van der Waals surface area contributed by atoms with E-state index in [1.807, 2.05) is 13.0 Å². The van der Waals surface area contributed by atoms with E-state index in [0.29, 0.717) is 25.3 Å². The third kappa shape index (κ3) is 3.20. The maximum Gasteiger partial charge on any atom is 0.246 e. The van der Waals surface area contributed by atoms with Crippen LogP contribution in [-0.4, -0.2) is 39.0 Å². The Hall–Kier alpha value is -0.820. The number of nitrogens with two attached hydrogens (primary N) is 1. The zero-order valence-corrected chi connectivity index (χ0v) is 12.6. The van der Waals surface area contributed by atoms with E-state index in [1.54, 1.807) is 12.1 Å². The van der Waals surface area contributed by atoms with Gasteiger partial charge in [-0.3, -0.25) is 0 Å². The van der Waals surface area contributed by atoms with Crippen molar-refractivity contribution in [2.24, 2.45) is 5.73 Å². The van der Waals surface area contributed by atoms with Crippen molar-refractivity contribution < 1.29 is 13.2 Å². The molecule has 0 bridgehead atoms. The van der Waals surface area contributed by atoms with E-state index in [-0.39, 0.29) is 23.3 Å². The minimum absolute atomic E-state index is 0. The van der Waals surface area contributed by atoms with Gasteiger partial charge in [-0.25, -0.2) is 8.42 Å². The normalized spacial score (nSPS) is 20.1. The molecule has 2 rings (SSSR count). The lowest BCUT2D eigenvalue weighted by atomic mass is 10.2. The summed E-state index contributed by atoms with van der Waals surface area (Å²) in [5.74, 6) is 0.376. The van der Waals surface area contributed by atoms with Gasteiger partial charge in [0, 0.05) is 19.1 Å². The lowest BCUT2D eigenvalue weighted by molar-refractivity contribution is 0.398. The molecule has 0 saturated carbocycles. The van der Waals surface area contributed by atoms with Gasteiger partial charge in [0.2, 0.25) is 10.0 Å².